The Bertz CT molecular complexity index is 821. The van der Waals surface area contributed by atoms with Crippen LogP contribution in [0, 0.1) is 23.0 Å². The van der Waals surface area contributed by atoms with Gasteiger partial charge >= 0.3 is 5.97 Å². The van der Waals surface area contributed by atoms with E-state index in [4.69, 9.17) is 4.74 Å². The summed E-state index contributed by atoms with van der Waals surface area (Å²) in [5, 5.41) is 14.2. The lowest BCUT2D eigenvalue weighted by molar-refractivity contribution is -0.384. The van der Waals surface area contributed by atoms with Crippen molar-refractivity contribution >= 4 is 28.7 Å². The molecule has 0 N–H and O–H groups in total. The fourth-order valence-electron chi connectivity index (χ4n) is 3.17. The third kappa shape index (κ3) is 4.19. The maximum atomic E-state index is 12.3. The molecular weight excluding hydrogens is 354 g/mol. The van der Waals surface area contributed by atoms with Gasteiger partial charge in [0.2, 0.25) is 0 Å². The van der Waals surface area contributed by atoms with E-state index in [2.05, 4.69) is 11.9 Å². The number of hydrogen-bond acceptors (Lipinski definition) is 7. The molecule has 0 saturated carbocycles. The molecule has 26 heavy (non-hydrogen) atoms. The summed E-state index contributed by atoms with van der Waals surface area (Å²) in [7, 11) is 0. The first-order valence-corrected chi connectivity index (χ1v) is 9.43. The average molecular weight is 375 g/mol. The first-order chi connectivity index (χ1) is 12.4. The molecule has 0 spiro atoms. The number of aryl methyl sites for hydroxylation is 1. The van der Waals surface area contributed by atoms with Crippen molar-refractivity contribution in [1.82, 2.24) is 4.98 Å². The Balaban J connectivity index is 1.77. The number of aromatic nitrogens is 1. The highest BCUT2D eigenvalue weighted by Gasteiger charge is 2.25. The van der Waals surface area contributed by atoms with Gasteiger partial charge in [-0.25, -0.2) is 9.78 Å². The molecule has 2 aromatic rings. The molecule has 0 unspecified atom stereocenters. The van der Waals surface area contributed by atoms with Gasteiger partial charge < -0.3 is 9.64 Å². The van der Waals surface area contributed by atoms with Crippen LogP contribution < -0.4 is 4.90 Å². The molecule has 1 saturated heterocycles. The Morgan fingerprint density at radius 3 is 2.96 bits per heavy atom. The topological polar surface area (TPSA) is 85.6 Å². The number of hydrogen-bond donors (Lipinski definition) is 0. The molecule has 1 atom stereocenters. The lowest BCUT2D eigenvalue weighted by Crippen LogP contribution is -2.34. The van der Waals surface area contributed by atoms with Crippen LogP contribution in [0.4, 0.5) is 11.4 Å². The number of anilines is 1. The minimum Gasteiger partial charge on any atom is -0.456 e. The molecule has 8 heteroatoms. The van der Waals surface area contributed by atoms with Crippen molar-refractivity contribution in [2.45, 2.75) is 33.3 Å². The number of benzene rings is 1. The number of nitro groups is 1. The fraction of sp³-hybridized carbons (Fsp3) is 0.444. The van der Waals surface area contributed by atoms with Gasteiger partial charge in [0.05, 0.1) is 21.2 Å². The number of ether oxygens (including phenoxy) is 1. The quantitative estimate of drug-likeness (QED) is 0.447. The zero-order valence-corrected chi connectivity index (χ0v) is 15.6. The molecule has 1 aliphatic rings. The largest absolute Gasteiger partial charge is 0.456 e. The van der Waals surface area contributed by atoms with Crippen molar-refractivity contribution < 1.29 is 14.5 Å². The molecule has 1 aromatic carbocycles. The third-order valence-electron chi connectivity index (χ3n) is 4.42. The first-order valence-electron chi connectivity index (χ1n) is 8.55. The predicted octanol–water partition coefficient (Wildman–Crippen LogP) is 3.95. The van der Waals surface area contributed by atoms with E-state index in [1.54, 1.807) is 12.1 Å². The Labute approximate surface area is 155 Å². The number of carbonyl (C=O) groups is 1. The zero-order valence-electron chi connectivity index (χ0n) is 14.8. The van der Waals surface area contributed by atoms with Crippen LogP contribution in [0.1, 0.15) is 40.8 Å². The summed E-state index contributed by atoms with van der Waals surface area (Å²) in [6, 6.07) is 4.55. The Kier molecular flexibility index (Phi) is 5.51. The second kappa shape index (κ2) is 7.82. The van der Waals surface area contributed by atoms with Crippen LogP contribution in [0.2, 0.25) is 0 Å². The fourth-order valence-corrected chi connectivity index (χ4v) is 3.77. The number of nitrogens with zero attached hydrogens (tertiary/aromatic N) is 3. The monoisotopic (exact) mass is 375 g/mol. The standard InChI is InChI=1S/C18H21N3O4S/c1-12-4-3-7-20(9-12)16-6-5-14(8-17(16)21(23)24)18(22)25-10-15-11-26-13(2)19-15/h5-6,8,11-12H,3-4,7,9-10H2,1-2H3/t12-/m0/s1. The van der Waals surface area contributed by atoms with Crippen molar-refractivity contribution in [3.05, 3.63) is 50.0 Å². The van der Waals surface area contributed by atoms with Crippen LogP contribution in [0.3, 0.4) is 0 Å². The zero-order chi connectivity index (χ0) is 18.7. The summed E-state index contributed by atoms with van der Waals surface area (Å²) in [4.78, 5) is 29.6. The average Bonchev–Trinajstić information content (AvgIpc) is 3.04. The van der Waals surface area contributed by atoms with E-state index in [0.29, 0.717) is 17.3 Å². The summed E-state index contributed by atoms with van der Waals surface area (Å²) in [5.74, 6) is -0.0909. The molecule has 7 nitrogen and oxygen atoms in total. The Morgan fingerprint density at radius 1 is 1.50 bits per heavy atom. The minimum atomic E-state index is -0.586. The van der Waals surface area contributed by atoms with Gasteiger partial charge in [-0.3, -0.25) is 10.1 Å². The summed E-state index contributed by atoms with van der Waals surface area (Å²) in [5.41, 5.74) is 1.36. The van der Waals surface area contributed by atoms with Gasteiger partial charge in [-0.1, -0.05) is 6.92 Å². The van der Waals surface area contributed by atoms with E-state index < -0.39 is 10.9 Å². The van der Waals surface area contributed by atoms with Crippen LogP contribution in [-0.2, 0) is 11.3 Å². The Morgan fingerprint density at radius 2 is 2.31 bits per heavy atom. The second-order valence-corrected chi connectivity index (χ2v) is 7.65. The van der Waals surface area contributed by atoms with Gasteiger partial charge in [0.25, 0.3) is 5.69 Å². The summed E-state index contributed by atoms with van der Waals surface area (Å²) in [6.45, 7) is 5.65. The highest BCUT2D eigenvalue weighted by molar-refractivity contribution is 7.09. The highest BCUT2D eigenvalue weighted by Crippen LogP contribution is 2.32. The van der Waals surface area contributed by atoms with E-state index in [0.717, 1.165) is 30.9 Å². The van der Waals surface area contributed by atoms with E-state index in [9.17, 15) is 14.9 Å². The van der Waals surface area contributed by atoms with E-state index in [1.807, 2.05) is 17.2 Å². The van der Waals surface area contributed by atoms with Crippen molar-refractivity contribution in [2.24, 2.45) is 5.92 Å². The maximum Gasteiger partial charge on any atom is 0.338 e. The first kappa shape index (κ1) is 18.3. The van der Waals surface area contributed by atoms with Gasteiger partial charge in [0.15, 0.2) is 0 Å². The van der Waals surface area contributed by atoms with Gasteiger partial charge in [-0.15, -0.1) is 11.3 Å². The summed E-state index contributed by atoms with van der Waals surface area (Å²) >= 11 is 1.48. The number of piperidine rings is 1. The van der Waals surface area contributed by atoms with E-state index >= 15 is 0 Å². The molecule has 0 aliphatic carbocycles. The number of rotatable bonds is 5. The molecule has 1 aromatic heterocycles. The predicted molar refractivity (Wildman–Crippen MR) is 99.7 cm³/mol. The summed E-state index contributed by atoms with van der Waals surface area (Å²) < 4.78 is 5.23. The van der Waals surface area contributed by atoms with Crippen LogP contribution in [-0.4, -0.2) is 29.0 Å². The molecule has 0 amide bonds. The number of nitro benzene ring substituents is 1. The van der Waals surface area contributed by atoms with Crippen molar-refractivity contribution in [3.8, 4) is 0 Å². The normalized spacial score (nSPS) is 17.2. The number of carbonyl (C=O) groups excluding carboxylic acids is 1. The molecule has 2 heterocycles. The van der Waals surface area contributed by atoms with E-state index in [-0.39, 0.29) is 17.9 Å². The molecule has 3 rings (SSSR count). The molecule has 0 radical (unpaired) electrons. The van der Waals surface area contributed by atoms with Gasteiger partial charge in [-0.2, -0.15) is 0 Å². The maximum absolute atomic E-state index is 12.3. The van der Waals surface area contributed by atoms with Gasteiger partial charge in [0.1, 0.15) is 12.3 Å². The SMILES string of the molecule is Cc1nc(COC(=O)c2ccc(N3CCC[C@H](C)C3)c([N+](=O)[O-])c2)cs1. The highest BCUT2D eigenvalue weighted by atomic mass is 32.1. The van der Waals surface area contributed by atoms with Crippen molar-refractivity contribution in [1.29, 1.82) is 0 Å². The molecule has 0 bridgehead atoms. The second-order valence-electron chi connectivity index (χ2n) is 6.59. The van der Waals surface area contributed by atoms with Crippen molar-refractivity contribution in [3.63, 3.8) is 0 Å². The minimum absolute atomic E-state index is 0.0574. The van der Waals surface area contributed by atoms with Gasteiger partial charge in [0, 0.05) is 24.5 Å². The molecule has 138 valence electrons. The summed E-state index contributed by atoms with van der Waals surface area (Å²) in [6.07, 6.45) is 2.14. The lowest BCUT2D eigenvalue weighted by Gasteiger charge is -2.32. The lowest BCUT2D eigenvalue weighted by atomic mass is 9.99. The Hall–Kier alpha value is -2.48. The van der Waals surface area contributed by atoms with Crippen LogP contribution in [0.25, 0.3) is 0 Å². The van der Waals surface area contributed by atoms with Crippen LogP contribution in [0.15, 0.2) is 23.6 Å². The van der Waals surface area contributed by atoms with Gasteiger partial charge in [-0.05, 0) is 37.8 Å². The number of esters is 1. The van der Waals surface area contributed by atoms with E-state index in [1.165, 1.54) is 17.4 Å². The van der Waals surface area contributed by atoms with Crippen LogP contribution in [0.5, 0.6) is 0 Å². The molecule has 1 fully saturated rings. The smallest absolute Gasteiger partial charge is 0.338 e. The van der Waals surface area contributed by atoms with Crippen LogP contribution >= 0.6 is 11.3 Å². The third-order valence-corrected chi connectivity index (χ3v) is 5.25. The van der Waals surface area contributed by atoms with Crippen molar-refractivity contribution in [2.75, 3.05) is 18.0 Å². The molecular formula is C18H21N3O4S. The molecule has 1 aliphatic heterocycles. The number of thiazole rings is 1.